The molecule has 0 aliphatic carbocycles. The molecule has 1 aliphatic rings. The molecule has 6 heteroatoms. The van der Waals surface area contributed by atoms with Crippen molar-refractivity contribution in [1.29, 1.82) is 0 Å². The smallest absolute Gasteiger partial charge is 0.113 e. The molecule has 1 aromatic rings. The average molecular weight is 275 g/mol. The summed E-state index contributed by atoms with van der Waals surface area (Å²) in [5, 5.41) is 38.8. The van der Waals surface area contributed by atoms with Gasteiger partial charge in [-0.3, -0.25) is 0 Å². The summed E-state index contributed by atoms with van der Waals surface area (Å²) in [5.74, 6) is 0. The fraction of sp³-hybridized carbons (Fsp3) is 0.500. The van der Waals surface area contributed by atoms with Crippen molar-refractivity contribution in [1.82, 2.24) is 0 Å². The van der Waals surface area contributed by atoms with E-state index in [9.17, 15) is 15.3 Å². The number of aliphatic hydroxyl groups excluding tert-OH is 4. The third-order valence-electron chi connectivity index (χ3n) is 3.09. The molecule has 1 fully saturated rings. The molecule has 5 atom stereocenters. The van der Waals surface area contributed by atoms with Crippen molar-refractivity contribution in [3.05, 3.63) is 34.9 Å². The Balaban J connectivity index is 2.24. The third kappa shape index (κ3) is 2.51. The predicted octanol–water partition coefficient (Wildman–Crippen LogP) is -0.145. The van der Waals surface area contributed by atoms with Crippen molar-refractivity contribution >= 4 is 11.6 Å². The van der Waals surface area contributed by atoms with Crippen LogP contribution in [-0.2, 0) is 4.74 Å². The van der Waals surface area contributed by atoms with Crippen LogP contribution >= 0.6 is 11.6 Å². The van der Waals surface area contributed by atoms with Gasteiger partial charge in [-0.25, -0.2) is 0 Å². The van der Waals surface area contributed by atoms with E-state index >= 15 is 0 Å². The monoisotopic (exact) mass is 274 g/mol. The SMILES string of the molecule is OC[C@@H]1O[C@@H](c2ccc(Cl)cc2)[C@H](O)[C@@H](O)[C@@H]1O. The van der Waals surface area contributed by atoms with Crippen LogP contribution in [0.25, 0.3) is 0 Å². The molecule has 0 spiro atoms. The van der Waals surface area contributed by atoms with Gasteiger partial charge in [-0.15, -0.1) is 0 Å². The van der Waals surface area contributed by atoms with E-state index in [1.165, 1.54) is 0 Å². The van der Waals surface area contributed by atoms with Crippen LogP contribution in [0.3, 0.4) is 0 Å². The van der Waals surface area contributed by atoms with E-state index in [-0.39, 0.29) is 0 Å². The minimum Gasteiger partial charge on any atom is -0.394 e. The molecule has 0 saturated carbocycles. The Hall–Kier alpha value is -0.690. The van der Waals surface area contributed by atoms with Gasteiger partial charge >= 0.3 is 0 Å². The van der Waals surface area contributed by atoms with Crippen molar-refractivity contribution in [2.45, 2.75) is 30.5 Å². The first-order valence-corrected chi connectivity index (χ1v) is 5.98. The lowest BCUT2D eigenvalue weighted by atomic mass is 9.91. The molecule has 0 bridgehead atoms. The maximum Gasteiger partial charge on any atom is 0.113 e. The van der Waals surface area contributed by atoms with Gasteiger partial charge < -0.3 is 25.2 Å². The summed E-state index contributed by atoms with van der Waals surface area (Å²) in [4.78, 5) is 0. The fourth-order valence-electron chi connectivity index (χ4n) is 2.03. The summed E-state index contributed by atoms with van der Waals surface area (Å²) in [7, 11) is 0. The maximum absolute atomic E-state index is 9.89. The molecule has 2 rings (SSSR count). The zero-order chi connectivity index (χ0) is 13.3. The number of rotatable bonds is 2. The van der Waals surface area contributed by atoms with Crippen molar-refractivity contribution in [3.8, 4) is 0 Å². The largest absolute Gasteiger partial charge is 0.394 e. The second kappa shape index (κ2) is 5.52. The molecule has 1 aliphatic heterocycles. The molecule has 0 aromatic heterocycles. The van der Waals surface area contributed by atoms with Gasteiger partial charge in [0.25, 0.3) is 0 Å². The standard InChI is InChI=1S/C12H15ClO5/c13-7-3-1-6(2-4-7)12-11(17)10(16)9(15)8(5-14)18-12/h1-4,8-12,14-17H,5H2/t8-,9+,10-,11+,12-/m0/s1. The zero-order valence-electron chi connectivity index (χ0n) is 9.48. The lowest BCUT2D eigenvalue weighted by Gasteiger charge is -2.40. The number of aliphatic hydroxyl groups is 4. The molecule has 1 aromatic carbocycles. The average Bonchev–Trinajstić information content (AvgIpc) is 2.38. The second-order valence-electron chi connectivity index (χ2n) is 4.30. The fourth-order valence-corrected chi connectivity index (χ4v) is 2.16. The second-order valence-corrected chi connectivity index (χ2v) is 4.74. The van der Waals surface area contributed by atoms with Crippen LogP contribution in [0.4, 0.5) is 0 Å². The lowest BCUT2D eigenvalue weighted by molar-refractivity contribution is -0.231. The summed E-state index contributed by atoms with van der Waals surface area (Å²) in [6, 6.07) is 6.60. The molecule has 18 heavy (non-hydrogen) atoms. The lowest BCUT2D eigenvalue weighted by Crippen LogP contribution is -2.55. The van der Waals surface area contributed by atoms with Crippen LogP contribution in [0, 0.1) is 0 Å². The molecule has 1 saturated heterocycles. The summed E-state index contributed by atoms with van der Waals surface area (Å²) in [6.45, 7) is -0.435. The third-order valence-corrected chi connectivity index (χ3v) is 3.34. The van der Waals surface area contributed by atoms with Gasteiger partial charge in [-0.1, -0.05) is 23.7 Å². The van der Waals surface area contributed by atoms with E-state index in [1.54, 1.807) is 24.3 Å². The highest BCUT2D eigenvalue weighted by atomic mass is 35.5. The van der Waals surface area contributed by atoms with E-state index in [0.29, 0.717) is 10.6 Å². The van der Waals surface area contributed by atoms with Crippen LogP contribution < -0.4 is 0 Å². The van der Waals surface area contributed by atoms with Crippen LogP contribution in [-0.4, -0.2) is 51.4 Å². The summed E-state index contributed by atoms with van der Waals surface area (Å²) in [6.07, 6.45) is -5.67. The van der Waals surface area contributed by atoms with E-state index in [4.69, 9.17) is 21.4 Å². The van der Waals surface area contributed by atoms with Gasteiger partial charge in [0.15, 0.2) is 0 Å². The minimum atomic E-state index is -1.36. The number of ether oxygens (including phenoxy) is 1. The molecule has 4 N–H and O–H groups in total. The van der Waals surface area contributed by atoms with Crippen molar-refractivity contribution in [2.75, 3.05) is 6.61 Å². The van der Waals surface area contributed by atoms with E-state index < -0.39 is 37.1 Å². The van der Waals surface area contributed by atoms with Crippen molar-refractivity contribution in [2.24, 2.45) is 0 Å². The Morgan fingerprint density at radius 3 is 2.17 bits per heavy atom. The highest BCUT2D eigenvalue weighted by Gasteiger charge is 2.43. The minimum absolute atomic E-state index is 0.435. The number of halogens is 1. The highest BCUT2D eigenvalue weighted by molar-refractivity contribution is 6.30. The van der Waals surface area contributed by atoms with E-state index in [0.717, 1.165) is 0 Å². The van der Waals surface area contributed by atoms with Crippen molar-refractivity contribution < 1.29 is 25.2 Å². The summed E-state index contributed by atoms with van der Waals surface area (Å²) in [5.41, 5.74) is 0.622. The molecule has 5 nitrogen and oxygen atoms in total. The predicted molar refractivity (Wildman–Crippen MR) is 64.2 cm³/mol. The van der Waals surface area contributed by atoms with Gasteiger partial charge in [-0.2, -0.15) is 0 Å². The molecular weight excluding hydrogens is 260 g/mol. The highest BCUT2D eigenvalue weighted by Crippen LogP contribution is 2.32. The molecule has 0 unspecified atom stereocenters. The zero-order valence-corrected chi connectivity index (χ0v) is 10.2. The number of hydrogen-bond acceptors (Lipinski definition) is 5. The van der Waals surface area contributed by atoms with Gasteiger partial charge in [-0.05, 0) is 17.7 Å². The maximum atomic E-state index is 9.89. The first-order chi connectivity index (χ1) is 8.54. The molecular formula is C12H15ClO5. The van der Waals surface area contributed by atoms with Gasteiger partial charge in [0, 0.05) is 5.02 Å². The summed E-state index contributed by atoms with van der Waals surface area (Å²) < 4.78 is 5.40. The molecule has 1 heterocycles. The Labute approximate surface area is 109 Å². The Morgan fingerprint density at radius 1 is 1.00 bits per heavy atom. The van der Waals surface area contributed by atoms with Crippen LogP contribution in [0.2, 0.25) is 5.02 Å². The van der Waals surface area contributed by atoms with Crippen LogP contribution in [0.5, 0.6) is 0 Å². The molecule has 100 valence electrons. The van der Waals surface area contributed by atoms with Gasteiger partial charge in [0.05, 0.1) is 6.61 Å². The summed E-state index contributed by atoms with van der Waals surface area (Å²) >= 11 is 5.76. The van der Waals surface area contributed by atoms with Gasteiger partial charge in [0.1, 0.15) is 30.5 Å². The van der Waals surface area contributed by atoms with Crippen molar-refractivity contribution in [3.63, 3.8) is 0 Å². The van der Waals surface area contributed by atoms with E-state index in [1.807, 2.05) is 0 Å². The quantitative estimate of drug-likeness (QED) is 0.602. The van der Waals surface area contributed by atoms with Crippen LogP contribution in [0.1, 0.15) is 11.7 Å². The topological polar surface area (TPSA) is 90.2 Å². The van der Waals surface area contributed by atoms with E-state index in [2.05, 4.69) is 0 Å². The first-order valence-electron chi connectivity index (χ1n) is 5.60. The normalized spacial score (nSPS) is 36.6. The van der Waals surface area contributed by atoms with Gasteiger partial charge in [0.2, 0.25) is 0 Å². The Kier molecular flexibility index (Phi) is 4.21. The Bertz CT molecular complexity index is 394. The molecule has 0 radical (unpaired) electrons. The molecule has 0 amide bonds. The van der Waals surface area contributed by atoms with Crippen LogP contribution in [0.15, 0.2) is 24.3 Å². The first kappa shape index (κ1) is 13.7. The Morgan fingerprint density at radius 2 is 1.61 bits per heavy atom. The number of benzene rings is 1. The number of hydrogen-bond donors (Lipinski definition) is 4.